The van der Waals surface area contributed by atoms with Crippen LogP contribution in [-0.2, 0) is 9.53 Å². The summed E-state index contributed by atoms with van der Waals surface area (Å²) in [7, 11) is 0. The van der Waals surface area contributed by atoms with Gasteiger partial charge >= 0.3 is 5.97 Å². The van der Waals surface area contributed by atoms with Crippen molar-refractivity contribution in [2.45, 2.75) is 32.4 Å². The molecule has 1 unspecified atom stereocenters. The maximum atomic E-state index is 11.7. The number of esters is 1. The summed E-state index contributed by atoms with van der Waals surface area (Å²) in [5, 5.41) is 9.27. The summed E-state index contributed by atoms with van der Waals surface area (Å²) in [5.74, 6) is -0.247. The molecule has 0 amide bonds. The zero-order chi connectivity index (χ0) is 12.4. The summed E-state index contributed by atoms with van der Waals surface area (Å²) in [6, 6.07) is 0.0913. The first-order valence-electron chi connectivity index (χ1n) is 6.05. The Bertz CT molecular complexity index is 373. The van der Waals surface area contributed by atoms with E-state index in [0.29, 0.717) is 5.57 Å². The third-order valence-electron chi connectivity index (χ3n) is 3.61. The average Bonchev–Trinajstić information content (AvgIpc) is 2.90. The molecule has 4 nitrogen and oxygen atoms in total. The minimum atomic E-state index is -0.247. The third kappa shape index (κ3) is 2.28. The largest absolute Gasteiger partial charge is 0.457 e. The maximum absolute atomic E-state index is 11.7. The molecule has 0 bridgehead atoms. The van der Waals surface area contributed by atoms with Gasteiger partial charge in [-0.15, -0.1) is 0 Å². The molecule has 0 aliphatic carbocycles. The second-order valence-electron chi connectivity index (χ2n) is 4.58. The predicted octanol–water partition coefficient (Wildman–Crippen LogP) is 0.871. The Balaban J connectivity index is 2.03. The van der Waals surface area contributed by atoms with Gasteiger partial charge in [-0.1, -0.05) is 12.2 Å². The number of aliphatic hydroxyl groups is 1. The molecule has 2 rings (SSSR count). The smallest absolute Gasteiger partial charge is 0.333 e. The van der Waals surface area contributed by atoms with Crippen LogP contribution in [0.15, 0.2) is 23.3 Å². The molecule has 4 heteroatoms. The van der Waals surface area contributed by atoms with E-state index in [4.69, 9.17) is 4.74 Å². The molecule has 0 aromatic heterocycles. The van der Waals surface area contributed by atoms with Crippen molar-refractivity contribution in [3.05, 3.63) is 23.3 Å². The van der Waals surface area contributed by atoms with E-state index < -0.39 is 0 Å². The van der Waals surface area contributed by atoms with Crippen molar-refractivity contribution in [2.24, 2.45) is 0 Å². The number of hydrogen-bond donors (Lipinski definition) is 1. The molecule has 17 heavy (non-hydrogen) atoms. The first-order chi connectivity index (χ1) is 8.17. The fourth-order valence-electron chi connectivity index (χ4n) is 2.49. The summed E-state index contributed by atoms with van der Waals surface area (Å²) in [6.45, 7) is 5.42. The van der Waals surface area contributed by atoms with Gasteiger partial charge in [-0.3, -0.25) is 4.90 Å². The second-order valence-corrected chi connectivity index (χ2v) is 4.58. The summed E-state index contributed by atoms with van der Waals surface area (Å²) in [5.41, 5.74) is 1.62. The highest BCUT2D eigenvalue weighted by molar-refractivity contribution is 5.87. The highest BCUT2D eigenvalue weighted by Crippen LogP contribution is 2.31. The number of aliphatic hydroxyl groups excluding tert-OH is 1. The number of rotatable bonds is 3. The Labute approximate surface area is 102 Å². The molecule has 2 heterocycles. The van der Waals surface area contributed by atoms with E-state index in [0.717, 1.165) is 25.1 Å². The van der Waals surface area contributed by atoms with Crippen LogP contribution in [0.3, 0.4) is 0 Å². The fraction of sp³-hybridized carbons (Fsp3) is 0.615. The predicted molar refractivity (Wildman–Crippen MR) is 64.5 cm³/mol. The zero-order valence-electron chi connectivity index (χ0n) is 10.3. The van der Waals surface area contributed by atoms with Gasteiger partial charge in [0, 0.05) is 18.7 Å². The monoisotopic (exact) mass is 237 g/mol. The van der Waals surface area contributed by atoms with E-state index in [1.165, 1.54) is 0 Å². The average molecular weight is 237 g/mol. The topological polar surface area (TPSA) is 49.8 Å². The number of fused-ring (bicyclic) bond motifs is 1. The number of ether oxygens (including phenoxy) is 1. The lowest BCUT2D eigenvalue weighted by atomic mass is 10.1. The molecule has 2 aliphatic rings. The fourth-order valence-corrected chi connectivity index (χ4v) is 2.49. The Morgan fingerprint density at radius 1 is 1.71 bits per heavy atom. The maximum Gasteiger partial charge on any atom is 0.333 e. The van der Waals surface area contributed by atoms with Gasteiger partial charge in [0.15, 0.2) is 0 Å². The third-order valence-corrected chi connectivity index (χ3v) is 3.61. The molecular weight excluding hydrogens is 218 g/mol. The number of carbonyl (C=O) groups excluding carboxylic acids is 1. The highest BCUT2D eigenvalue weighted by atomic mass is 16.5. The van der Waals surface area contributed by atoms with Gasteiger partial charge in [0.25, 0.3) is 0 Å². The van der Waals surface area contributed by atoms with E-state index in [-0.39, 0.29) is 24.7 Å². The lowest BCUT2D eigenvalue weighted by molar-refractivity contribution is -0.144. The van der Waals surface area contributed by atoms with E-state index in [1.807, 2.05) is 13.0 Å². The van der Waals surface area contributed by atoms with Crippen LogP contribution in [0.25, 0.3) is 0 Å². The van der Waals surface area contributed by atoms with E-state index in [2.05, 4.69) is 4.90 Å². The van der Waals surface area contributed by atoms with Crippen molar-refractivity contribution in [1.82, 2.24) is 4.90 Å². The molecule has 1 N–H and O–H groups in total. The Kier molecular flexibility index (Phi) is 3.64. The Hall–Kier alpha value is -1.13. The van der Waals surface area contributed by atoms with Crippen molar-refractivity contribution < 1.29 is 14.6 Å². The van der Waals surface area contributed by atoms with Gasteiger partial charge in [0.2, 0.25) is 0 Å². The van der Waals surface area contributed by atoms with Gasteiger partial charge in [-0.05, 0) is 25.8 Å². The van der Waals surface area contributed by atoms with Crippen LogP contribution < -0.4 is 0 Å². The summed E-state index contributed by atoms with van der Waals surface area (Å²) >= 11 is 0. The van der Waals surface area contributed by atoms with Crippen LogP contribution in [0, 0.1) is 0 Å². The van der Waals surface area contributed by atoms with Crippen molar-refractivity contribution >= 4 is 5.97 Å². The Morgan fingerprint density at radius 2 is 2.47 bits per heavy atom. The van der Waals surface area contributed by atoms with E-state index >= 15 is 0 Å². The number of allylic oxidation sites excluding steroid dienone is 1. The van der Waals surface area contributed by atoms with Gasteiger partial charge in [0.1, 0.15) is 6.10 Å². The number of carbonyl (C=O) groups is 1. The first kappa shape index (κ1) is 12.3. The molecular formula is C13H19NO3. The molecule has 0 saturated carbocycles. The van der Waals surface area contributed by atoms with Gasteiger partial charge in [0.05, 0.1) is 12.6 Å². The lowest BCUT2D eigenvalue weighted by Gasteiger charge is -2.23. The molecule has 2 atom stereocenters. The van der Waals surface area contributed by atoms with Crippen LogP contribution in [0.2, 0.25) is 0 Å². The number of hydrogen-bond acceptors (Lipinski definition) is 4. The minimum Gasteiger partial charge on any atom is -0.457 e. The molecule has 0 aromatic rings. The molecule has 0 radical (unpaired) electrons. The quantitative estimate of drug-likeness (QED) is 0.449. The molecule has 0 spiro atoms. The zero-order valence-corrected chi connectivity index (χ0v) is 10.3. The van der Waals surface area contributed by atoms with Gasteiger partial charge < -0.3 is 9.84 Å². The van der Waals surface area contributed by atoms with Crippen molar-refractivity contribution in [2.75, 3.05) is 19.7 Å². The van der Waals surface area contributed by atoms with Crippen molar-refractivity contribution in [3.63, 3.8) is 0 Å². The molecule has 1 fully saturated rings. The van der Waals surface area contributed by atoms with Crippen LogP contribution in [0.1, 0.15) is 20.3 Å². The van der Waals surface area contributed by atoms with E-state index in [9.17, 15) is 9.90 Å². The standard InChI is InChI=1S/C13H19NO3/c1-3-9(2)13(16)17-11-5-7-14-6-4-10(8-15)12(11)14/h3-4,11-12,15H,5-8H2,1-2H3/b9-3+/t11-,12?/m0/s1. The molecule has 1 saturated heterocycles. The normalized spacial score (nSPS) is 29.1. The SMILES string of the molecule is C/C=C(\C)C(=O)O[C@H]1CCN2CC=C(CO)C12. The van der Waals surface area contributed by atoms with E-state index in [1.54, 1.807) is 13.0 Å². The lowest BCUT2D eigenvalue weighted by Crippen LogP contribution is -2.35. The first-order valence-corrected chi connectivity index (χ1v) is 6.05. The minimum absolute atomic E-state index is 0.0534. The van der Waals surface area contributed by atoms with Crippen molar-refractivity contribution in [1.29, 1.82) is 0 Å². The van der Waals surface area contributed by atoms with Crippen molar-refractivity contribution in [3.8, 4) is 0 Å². The van der Waals surface area contributed by atoms with Gasteiger partial charge in [-0.2, -0.15) is 0 Å². The summed E-state index contributed by atoms with van der Waals surface area (Å²) in [6.07, 6.45) is 4.53. The Morgan fingerprint density at radius 3 is 3.12 bits per heavy atom. The van der Waals surface area contributed by atoms with Gasteiger partial charge in [-0.25, -0.2) is 4.79 Å². The van der Waals surface area contributed by atoms with Crippen LogP contribution in [-0.4, -0.2) is 47.8 Å². The van der Waals surface area contributed by atoms with Crippen LogP contribution >= 0.6 is 0 Å². The summed E-state index contributed by atoms with van der Waals surface area (Å²) < 4.78 is 5.51. The van der Waals surface area contributed by atoms with Crippen LogP contribution in [0.5, 0.6) is 0 Å². The number of nitrogens with zero attached hydrogens (tertiary/aromatic N) is 1. The highest BCUT2D eigenvalue weighted by Gasteiger charge is 2.41. The molecule has 0 aromatic carbocycles. The molecule has 94 valence electrons. The summed E-state index contributed by atoms with van der Waals surface area (Å²) in [4.78, 5) is 14.0. The van der Waals surface area contributed by atoms with Crippen LogP contribution in [0.4, 0.5) is 0 Å². The second kappa shape index (κ2) is 5.02. The molecule has 2 aliphatic heterocycles.